The molecule has 3 nitrogen and oxygen atoms in total. The van der Waals surface area contributed by atoms with Crippen LogP contribution in [0, 0.1) is 0 Å². The first-order chi connectivity index (χ1) is 8.36. The van der Waals surface area contributed by atoms with E-state index >= 15 is 0 Å². The van der Waals surface area contributed by atoms with E-state index in [2.05, 4.69) is 33.9 Å². The molecule has 4 heteroatoms. The van der Waals surface area contributed by atoms with Crippen LogP contribution in [-0.2, 0) is 0 Å². The smallest absolute Gasteiger partial charge is 0.0681 e. The summed E-state index contributed by atoms with van der Waals surface area (Å²) in [6.07, 6.45) is 5.71. The number of benzene rings is 1. The molecule has 1 atom stereocenters. The summed E-state index contributed by atoms with van der Waals surface area (Å²) in [7, 11) is 0. The Morgan fingerprint density at radius 1 is 1.29 bits per heavy atom. The third-order valence-corrected chi connectivity index (χ3v) is 4.31. The fraction of sp³-hybridized carbons (Fsp3) is 0.385. The third kappa shape index (κ3) is 1.98. The van der Waals surface area contributed by atoms with Crippen molar-refractivity contribution in [3.8, 4) is 0 Å². The molecule has 1 aliphatic rings. The van der Waals surface area contributed by atoms with Crippen LogP contribution in [0.4, 0.5) is 0 Å². The Hall–Kier alpha value is -1.26. The minimum absolute atomic E-state index is 0.0770. The summed E-state index contributed by atoms with van der Waals surface area (Å²) in [5.74, 6) is 0.707. The highest BCUT2D eigenvalue weighted by molar-refractivity contribution is 7.05. The van der Waals surface area contributed by atoms with E-state index < -0.39 is 0 Å². The van der Waals surface area contributed by atoms with Gasteiger partial charge in [-0.2, -0.15) is 0 Å². The molecule has 0 aliphatic heterocycles. The van der Waals surface area contributed by atoms with Crippen molar-refractivity contribution < 1.29 is 0 Å². The second-order valence-electron chi connectivity index (χ2n) is 4.55. The van der Waals surface area contributed by atoms with E-state index in [1.54, 1.807) is 6.20 Å². The lowest BCUT2D eigenvalue weighted by atomic mass is 9.77. The van der Waals surface area contributed by atoms with E-state index in [1.807, 2.05) is 0 Å². The van der Waals surface area contributed by atoms with Crippen LogP contribution in [-0.4, -0.2) is 9.59 Å². The van der Waals surface area contributed by atoms with Gasteiger partial charge in [0.1, 0.15) is 0 Å². The largest absolute Gasteiger partial charge is 0.320 e. The average Bonchev–Trinajstić information content (AvgIpc) is 2.80. The molecule has 1 aliphatic carbocycles. The van der Waals surface area contributed by atoms with Gasteiger partial charge in [0.05, 0.1) is 17.1 Å². The van der Waals surface area contributed by atoms with Gasteiger partial charge in [0, 0.05) is 0 Å². The number of hydrogen-bond acceptors (Lipinski definition) is 4. The zero-order valence-electron chi connectivity index (χ0n) is 9.54. The van der Waals surface area contributed by atoms with Crippen LogP contribution in [0.25, 0.3) is 0 Å². The lowest BCUT2D eigenvalue weighted by Gasteiger charge is -2.29. The molecular formula is C13H15N3S. The van der Waals surface area contributed by atoms with Crippen molar-refractivity contribution in [3.05, 3.63) is 46.5 Å². The van der Waals surface area contributed by atoms with Crippen LogP contribution in [0.1, 0.15) is 47.2 Å². The summed E-state index contributed by atoms with van der Waals surface area (Å²) in [6, 6.07) is 8.44. The molecule has 1 heterocycles. The third-order valence-electron chi connectivity index (χ3n) is 3.56. The summed E-state index contributed by atoms with van der Waals surface area (Å²) in [5.41, 5.74) is 8.96. The van der Waals surface area contributed by atoms with Crippen molar-refractivity contribution >= 4 is 11.5 Å². The SMILES string of the molecule is NC(c1cnns1)c1ccccc1C1CCC1. The fourth-order valence-electron chi connectivity index (χ4n) is 2.35. The van der Waals surface area contributed by atoms with Crippen molar-refractivity contribution in [1.29, 1.82) is 0 Å². The first kappa shape index (κ1) is 10.9. The maximum atomic E-state index is 6.31. The highest BCUT2D eigenvalue weighted by atomic mass is 32.1. The van der Waals surface area contributed by atoms with Gasteiger partial charge < -0.3 is 5.73 Å². The average molecular weight is 245 g/mol. The predicted molar refractivity (Wildman–Crippen MR) is 69.0 cm³/mol. The zero-order valence-corrected chi connectivity index (χ0v) is 10.4. The highest BCUT2D eigenvalue weighted by Gasteiger charge is 2.24. The summed E-state index contributed by atoms with van der Waals surface area (Å²) in [4.78, 5) is 1.04. The number of nitrogens with zero attached hydrogens (tertiary/aromatic N) is 2. The van der Waals surface area contributed by atoms with Gasteiger partial charge in [-0.3, -0.25) is 0 Å². The van der Waals surface area contributed by atoms with E-state index in [-0.39, 0.29) is 6.04 Å². The van der Waals surface area contributed by atoms with Gasteiger partial charge in [-0.1, -0.05) is 35.2 Å². The Kier molecular flexibility index (Phi) is 2.91. The molecule has 1 fully saturated rings. The van der Waals surface area contributed by atoms with Gasteiger partial charge in [-0.25, -0.2) is 0 Å². The van der Waals surface area contributed by atoms with Gasteiger partial charge >= 0.3 is 0 Å². The summed E-state index contributed by atoms with van der Waals surface area (Å²) >= 11 is 1.39. The van der Waals surface area contributed by atoms with Crippen LogP contribution < -0.4 is 5.73 Å². The Morgan fingerprint density at radius 2 is 2.12 bits per heavy atom. The topological polar surface area (TPSA) is 51.8 Å². The Bertz CT molecular complexity index is 491. The Morgan fingerprint density at radius 3 is 2.76 bits per heavy atom. The van der Waals surface area contributed by atoms with Crippen LogP contribution in [0.15, 0.2) is 30.5 Å². The van der Waals surface area contributed by atoms with E-state index in [9.17, 15) is 0 Å². The standard InChI is InChI=1S/C13H15N3S/c14-13(12-8-15-16-17-12)11-7-2-1-6-10(11)9-4-3-5-9/h1-2,6-9,13H,3-5,14H2. The molecule has 88 valence electrons. The van der Waals surface area contributed by atoms with E-state index in [1.165, 1.54) is 41.9 Å². The normalized spacial score (nSPS) is 17.7. The second-order valence-corrected chi connectivity index (χ2v) is 5.37. The molecule has 1 aromatic carbocycles. The monoisotopic (exact) mass is 245 g/mol. The number of nitrogens with two attached hydrogens (primary N) is 1. The summed E-state index contributed by atoms with van der Waals surface area (Å²) < 4.78 is 3.89. The molecule has 2 aromatic rings. The molecule has 2 N–H and O–H groups in total. The van der Waals surface area contributed by atoms with Crippen molar-refractivity contribution in [2.75, 3.05) is 0 Å². The molecular weight excluding hydrogens is 230 g/mol. The highest BCUT2D eigenvalue weighted by Crippen LogP contribution is 2.40. The molecule has 0 saturated heterocycles. The van der Waals surface area contributed by atoms with Gasteiger partial charge in [0.2, 0.25) is 0 Å². The summed E-state index contributed by atoms with van der Waals surface area (Å²) in [5, 5.41) is 3.87. The lowest BCUT2D eigenvalue weighted by molar-refractivity contribution is 0.416. The van der Waals surface area contributed by atoms with E-state index in [4.69, 9.17) is 5.73 Å². The van der Waals surface area contributed by atoms with Crippen molar-refractivity contribution in [2.24, 2.45) is 5.73 Å². The zero-order chi connectivity index (χ0) is 11.7. The first-order valence-electron chi connectivity index (χ1n) is 5.98. The van der Waals surface area contributed by atoms with E-state index in [0.29, 0.717) is 5.92 Å². The summed E-state index contributed by atoms with van der Waals surface area (Å²) in [6.45, 7) is 0. The van der Waals surface area contributed by atoms with Crippen molar-refractivity contribution in [1.82, 2.24) is 9.59 Å². The number of rotatable bonds is 3. The molecule has 17 heavy (non-hydrogen) atoms. The molecule has 0 bridgehead atoms. The second kappa shape index (κ2) is 4.55. The molecule has 1 unspecified atom stereocenters. The number of hydrogen-bond donors (Lipinski definition) is 1. The molecule has 0 spiro atoms. The maximum Gasteiger partial charge on any atom is 0.0681 e. The van der Waals surface area contributed by atoms with Gasteiger partial charge in [0.25, 0.3) is 0 Å². The Labute approximate surface area is 105 Å². The predicted octanol–water partition coefficient (Wildman–Crippen LogP) is 2.85. The van der Waals surface area contributed by atoms with Gasteiger partial charge in [-0.05, 0) is 41.4 Å². The minimum atomic E-state index is -0.0770. The van der Waals surface area contributed by atoms with Crippen LogP contribution in [0.2, 0.25) is 0 Å². The minimum Gasteiger partial charge on any atom is -0.320 e. The van der Waals surface area contributed by atoms with Crippen LogP contribution in [0.5, 0.6) is 0 Å². The molecule has 1 aromatic heterocycles. The molecule has 3 rings (SSSR count). The Balaban J connectivity index is 1.96. The number of aromatic nitrogens is 2. The van der Waals surface area contributed by atoms with Gasteiger partial charge in [-0.15, -0.1) is 5.10 Å². The van der Waals surface area contributed by atoms with Crippen LogP contribution >= 0.6 is 11.5 Å². The van der Waals surface area contributed by atoms with Crippen molar-refractivity contribution in [2.45, 2.75) is 31.2 Å². The lowest BCUT2D eigenvalue weighted by Crippen LogP contribution is -2.17. The van der Waals surface area contributed by atoms with Gasteiger partial charge in [0.15, 0.2) is 0 Å². The first-order valence-corrected chi connectivity index (χ1v) is 6.75. The quantitative estimate of drug-likeness (QED) is 0.904. The molecule has 0 radical (unpaired) electrons. The van der Waals surface area contributed by atoms with E-state index in [0.717, 1.165) is 4.88 Å². The van der Waals surface area contributed by atoms with Crippen molar-refractivity contribution in [3.63, 3.8) is 0 Å². The van der Waals surface area contributed by atoms with Crippen LogP contribution in [0.3, 0.4) is 0 Å². The molecule has 0 amide bonds. The molecule has 1 saturated carbocycles. The fourth-order valence-corrected chi connectivity index (χ4v) is 2.87. The maximum absolute atomic E-state index is 6.31.